The summed E-state index contributed by atoms with van der Waals surface area (Å²) in [6.07, 6.45) is 7.13. The van der Waals surface area contributed by atoms with E-state index < -0.39 is 5.97 Å². The molecule has 0 radical (unpaired) electrons. The van der Waals surface area contributed by atoms with Gasteiger partial charge in [0, 0.05) is 13.1 Å². The molecular weight excluding hydrogens is 228 g/mol. The van der Waals surface area contributed by atoms with Crippen LogP contribution in [0, 0.1) is 11.8 Å². The second kappa shape index (κ2) is 4.59. The predicted octanol–water partition coefficient (Wildman–Crippen LogP) is 2.41. The lowest BCUT2D eigenvalue weighted by Crippen LogP contribution is -2.42. The third-order valence-electron chi connectivity index (χ3n) is 4.18. The van der Waals surface area contributed by atoms with Crippen LogP contribution in [-0.2, 0) is 0 Å². The molecule has 1 aliphatic carbocycles. The Hall–Kier alpha value is -1.58. The topological polar surface area (TPSA) is 53.4 Å². The standard InChI is InChI=1S/C14H18N2O2/c17-14(18)13-5-4-12(7-15-13)16-8-10-2-1-3-11(6-10)9-16/h4-5,7,10-11H,1-3,6,8-9H2,(H,17,18). The quantitative estimate of drug-likeness (QED) is 0.870. The number of anilines is 1. The van der Waals surface area contributed by atoms with Crippen LogP contribution >= 0.6 is 0 Å². The van der Waals surface area contributed by atoms with Gasteiger partial charge in [-0.2, -0.15) is 0 Å². The Morgan fingerprint density at radius 1 is 1.28 bits per heavy atom. The van der Waals surface area contributed by atoms with Crippen molar-refractivity contribution in [3.63, 3.8) is 0 Å². The van der Waals surface area contributed by atoms with Crippen LogP contribution in [0.1, 0.15) is 36.2 Å². The maximum Gasteiger partial charge on any atom is 0.354 e. The number of carbonyl (C=O) groups is 1. The third kappa shape index (κ3) is 2.19. The number of piperidine rings is 1. The highest BCUT2D eigenvalue weighted by molar-refractivity contribution is 5.85. The number of aromatic nitrogens is 1. The number of fused-ring (bicyclic) bond motifs is 2. The summed E-state index contributed by atoms with van der Waals surface area (Å²) in [6.45, 7) is 2.20. The number of rotatable bonds is 2. The minimum Gasteiger partial charge on any atom is -0.477 e. The van der Waals surface area contributed by atoms with Gasteiger partial charge in [0.25, 0.3) is 0 Å². The van der Waals surface area contributed by atoms with Crippen molar-refractivity contribution < 1.29 is 9.90 Å². The van der Waals surface area contributed by atoms with Crippen LogP contribution < -0.4 is 4.90 Å². The predicted molar refractivity (Wildman–Crippen MR) is 68.9 cm³/mol. The number of carboxylic acid groups (broad SMARTS) is 1. The van der Waals surface area contributed by atoms with Gasteiger partial charge < -0.3 is 10.0 Å². The Kier molecular flexibility index (Phi) is 2.94. The second-order valence-corrected chi connectivity index (χ2v) is 5.51. The van der Waals surface area contributed by atoms with Crippen molar-refractivity contribution in [2.45, 2.75) is 25.7 Å². The first-order valence-corrected chi connectivity index (χ1v) is 6.66. The van der Waals surface area contributed by atoms with Gasteiger partial charge in [-0.05, 0) is 43.2 Å². The molecule has 4 nitrogen and oxygen atoms in total. The molecule has 1 saturated carbocycles. The first kappa shape index (κ1) is 11.5. The third-order valence-corrected chi connectivity index (χ3v) is 4.18. The molecule has 4 heteroatoms. The lowest BCUT2D eigenvalue weighted by Gasteiger charge is -2.42. The second-order valence-electron chi connectivity index (χ2n) is 5.51. The number of nitrogens with zero attached hydrogens (tertiary/aromatic N) is 2. The maximum atomic E-state index is 10.8. The normalized spacial score (nSPS) is 27.0. The molecule has 0 amide bonds. The van der Waals surface area contributed by atoms with Gasteiger partial charge in [0.05, 0.1) is 11.9 Å². The number of carboxylic acids is 1. The average molecular weight is 246 g/mol. The number of hydrogen-bond donors (Lipinski definition) is 1. The Morgan fingerprint density at radius 2 is 2.00 bits per heavy atom. The van der Waals surface area contributed by atoms with Crippen LogP contribution in [0.3, 0.4) is 0 Å². The molecule has 2 bridgehead atoms. The van der Waals surface area contributed by atoms with E-state index in [0.717, 1.165) is 30.6 Å². The van der Waals surface area contributed by atoms with E-state index in [4.69, 9.17) is 5.11 Å². The molecule has 0 aromatic carbocycles. The van der Waals surface area contributed by atoms with Crippen LogP contribution in [0.2, 0.25) is 0 Å². The summed E-state index contributed by atoms with van der Waals surface area (Å²) in [4.78, 5) is 17.1. The Bertz CT molecular complexity index is 432. The van der Waals surface area contributed by atoms with E-state index in [1.165, 1.54) is 25.7 Å². The van der Waals surface area contributed by atoms with Crippen molar-refractivity contribution in [2.75, 3.05) is 18.0 Å². The van der Waals surface area contributed by atoms with Crippen molar-refractivity contribution >= 4 is 11.7 Å². The summed E-state index contributed by atoms with van der Waals surface area (Å²) in [5.74, 6) is 0.672. The number of hydrogen-bond acceptors (Lipinski definition) is 3. The summed E-state index contributed by atoms with van der Waals surface area (Å²) < 4.78 is 0. The minimum absolute atomic E-state index is 0.121. The van der Waals surface area contributed by atoms with Gasteiger partial charge >= 0.3 is 5.97 Å². The summed E-state index contributed by atoms with van der Waals surface area (Å²) in [6, 6.07) is 3.49. The van der Waals surface area contributed by atoms with E-state index in [9.17, 15) is 4.79 Å². The van der Waals surface area contributed by atoms with Crippen molar-refractivity contribution in [1.29, 1.82) is 0 Å². The summed E-state index contributed by atoms with van der Waals surface area (Å²) in [5, 5.41) is 8.84. The van der Waals surface area contributed by atoms with Crippen molar-refractivity contribution in [3.05, 3.63) is 24.0 Å². The first-order chi connectivity index (χ1) is 8.72. The molecule has 0 spiro atoms. The molecule has 2 aliphatic rings. The van der Waals surface area contributed by atoms with Crippen LogP contribution in [0.5, 0.6) is 0 Å². The molecule has 1 aromatic rings. The molecule has 3 rings (SSSR count). The fourth-order valence-corrected chi connectivity index (χ4v) is 3.34. The van der Waals surface area contributed by atoms with E-state index in [-0.39, 0.29) is 5.69 Å². The van der Waals surface area contributed by atoms with Gasteiger partial charge in [0.15, 0.2) is 0 Å². The highest BCUT2D eigenvalue weighted by atomic mass is 16.4. The molecule has 2 fully saturated rings. The average Bonchev–Trinajstić information content (AvgIpc) is 2.38. The van der Waals surface area contributed by atoms with Crippen LogP contribution in [0.15, 0.2) is 18.3 Å². The summed E-state index contributed by atoms with van der Waals surface area (Å²) in [5.41, 5.74) is 1.19. The maximum absolute atomic E-state index is 10.8. The zero-order valence-corrected chi connectivity index (χ0v) is 10.4. The van der Waals surface area contributed by atoms with Crippen LogP contribution in [-0.4, -0.2) is 29.1 Å². The lowest BCUT2D eigenvalue weighted by molar-refractivity contribution is 0.0690. The van der Waals surface area contributed by atoms with Gasteiger partial charge in [-0.1, -0.05) is 6.42 Å². The Balaban J connectivity index is 1.76. The molecule has 2 unspecified atom stereocenters. The van der Waals surface area contributed by atoms with E-state index in [0.29, 0.717) is 0 Å². The van der Waals surface area contributed by atoms with Crippen LogP contribution in [0.4, 0.5) is 5.69 Å². The zero-order valence-electron chi connectivity index (χ0n) is 10.4. The smallest absolute Gasteiger partial charge is 0.354 e. The van der Waals surface area contributed by atoms with E-state index in [2.05, 4.69) is 9.88 Å². The molecule has 2 heterocycles. The highest BCUT2D eigenvalue weighted by Gasteiger charge is 2.30. The highest BCUT2D eigenvalue weighted by Crippen LogP contribution is 2.36. The molecule has 1 aromatic heterocycles. The van der Waals surface area contributed by atoms with Gasteiger partial charge in [0.1, 0.15) is 5.69 Å². The molecule has 1 aliphatic heterocycles. The number of aromatic carboxylic acids is 1. The summed E-state index contributed by atoms with van der Waals surface area (Å²) >= 11 is 0. The first-order valence-electron chi connectivity index (χ1n) is 6.66. The number of pyridine rings is 1. The largest absolute Gasteiger partial charge is 0.477 e. The molecule has 1 saturated heterocycles. The summed E-state index contributed by atoms with van der Waals surface area (Å²) in [7, 11) is 0. The zero-order chi connectivity index (χ0) is 12.5. The Morgan fingerprint density at radius 3 is 2.56 bits per heavy atom. The molecule has 18 heavy (non-hydrogen) atoms. The van der Waals surface area contributed by atoms with Crippen molar-refractivity contribution in [2.24, 2.45) is 11.8 Å². The molecule has 1 N–H and O–H groups in total. The van der Waals surface area contributed by atoms with Crippen molar-refractivity contribution in [3.8, 4) is 0 Å². The van der Waals surface area contributed by atoms with Gasteiger partial charge in [0.2, 0.25) is 0 Å². The fourth-order valence-electron chi connectivity index (χ4n) is 3.34. The monoisotopic (exact) mass is 246 g/mol. The molecule has 96 valence electrons. The molecule has 2 atom stereocenters. The van der Waals surface area contributed by atoms with E-state index >= 15 is 0 Å². The van der Waals surface area contributed by atoms with Gasteiger partial charge in [-0.25, -0.2) is 9.78 Å². The lowest BCUT2D eigenvalue weighted by atomic mass is 9.78. The van der Waals surface area contributed by atoms with Gasteiger partial charge in [-0.15, -0.1) is 0 Å². The van der Waals surface area contributed by atoms with E-state index in [1.807, 2.05) is 6.07 Å². The van der Waals surface area contributed by atoms with Gasteiger partial charge in [-0.3, -0.25) is 0 Å². The van der Waals surface area contributed by atoms with E-state index in [1.54, 1.807) is 12.3 Å². The van der Waals surface area contributed by atoms with Crippen molar-refractivity contribution in [1.82, 2.24) is 4.98 Å². The van der Waals surface area contributed by atoms with Crippen LogP contribution in [0.25, 0.3) is 0 Å². The SMILES string of the molecule is O=C(O)c1ccc(N2CC3CCCC(C3)C2)cn1. The minimum atomic E-state index is -0.961. The fraction of sp³-hybridized carbons (Fsp3) is 0.571. The molecular formula is C14H18N2O2. The Labute approximate surface area is 107 Å².